The molecule has 0 saturated carbocycles. The number of aryl methyl sites for hydroxylation is 2. The number of nitrogens with two attached hydrogens (primary N) is 1. The van der Waals surface area contributed by atoms with Crippen LogP contribution in [0.1, 0.15) is 24.5 Å². The second kappa shape index (κ2) is 9.85. The van der Waals surface area contributed by atoms with Crippen molar-refractivity contribution < 1.29 is 43.0 Å². The SMILES string of the molecule is CCc1nc(N)c2ncn([C@@H]3O[C@H](COC(=O)Oc4ccc(C)cc4)[C@@H](OP(=O)(O)O)[C@H]3O)c2n1. The molecule has 1 fully saturated rings. The number of ether oxygens (including phenoxy) is 3. The van der Waals surface area contributed by atoms with E-state index in [1.807, 2.05) is 13.8 Å². The number of phosphoric acid groups is 1. The van der Waals surface area contributed by atoms with Gasteiger partial charge in [-0.05, 0) is 19.1 Å². The van der Waals surface area contributed by atoms with Gasteiger partial charge in [0.1, 0.15) is 42.0 Å². The van der Waals surface area contributed by atoms with E-state index >= 15 is 0 Å². The van der Waals surface area contributed by atoms with Gasteiger partial charge in [-0.3, -0.25) is 9.09 Å². The zero-order chi connectivity index (χ0) is 25.3. The van der Waals surface area contributed by atoms with Gasteiger partial charge in [-0.15, -0.1) is 0 Å². The molecule has 4 atom stereocenters. The topological polar surface area (TPSA) is 201 Å². The summed E-state index contributed by atoms with van der Waals surface area (Å²) in [6, 6.07) is 6.63. The molecule has 0 aliphatic carbocycles. The summed E-state index contributed by atoms with van der Waals surface area (Å²) in [5.74, 6) is 0.786. The van der Waals surface area contributed by atoms with E-state index in [4.69, 9.17) is 24.5 Å². The van der Waals surface area contributed by atoms with Crippen molar-refractivity contribution >= 4 is 31.0 Å². The first-order chi connectivity index (χ1) is 16.6. The van der Waals surface area contributed by atoms with Crippen LogP contribution in [0, 0.1) is 6.92 Å². The molecule has 14 nitrogen and oxygen atoms in total. The van der Waals surface area contributed by atoms with Crippen molar-refractivity contribution in [2.45, 2.75) is 44.8 Å². The molecular weight excluding hydrogens is 485 g/mol. The zero-order valence-electron chi connectivity index (χ0n) is 18.7. The highest BCUT2D eigenvalue weighted by Gasteiger charge is 2.49. The summed E-state index contributed by atoms with van der Waals surface area (Å²) in [6.45, 7) is 3.16. The van der Waals surface area contributed by atoms with Crippen molar-refractivity contribution in [2.75, 3.05) is 12.3 Å². The van der Waals surface area contributed by atoms with E-state index in [0.717, 1.165) is 5.56 Å². The van der Waals surface area contributed by atoms with Crippen molar-refractivity contribution in [1.29, 1.82) is 0 Å². The molecule has 188 valence electrons. The van der Waals surface area contributed by atoms with Crippen molar-refractivity contribution in [2.24, 2.45) is 0 Å². The molecule has 1 aliphatic rings. The minimum absolute atomic E-state index is 0.125. The Bertz CT molecular complexity index is 1260. The Morgan fingerprint density at radius 3 is 2.63 bits per heavy atom. The Morgan fingerprint density at radius 2 is 1.97 bits per heavy atom. The number of aliphatic hydroxyl groups is 1. The monoisotopic (exact) mass is 509 g/mol. The number of nitrogen functional groups attached to an aromatic ring is 1. The molecule has 0 amide bonds. The summed E-state index contributed by atoms with van der Waals surface area (Å²) >= 11 is 0. The summed E-state index contributed by atoms with van der Waals surface area (Å²) < 4.78 is 33.6. The van der Waals surface area contributed by atoms with Gasteiger partial charge in [-0.1, -0.05) is 24.6 Å². The van der Waals surface area contributed by atoms with Crippen LogP contribution in [0.5, 0.6) is 5.75 Å². The summed E-state index contributed by atoms with van der Waals surface area (Å²) in [5, 5.41) is 10.8. The fraction of sp³-hybridized carbons (Fsp3) is 0.400. The maximum Gasteiger partial charge on any atom is 0.513 e. The normalized spacial score (nSPS) is 22.4. The zero-order valence-corrected chi connectivity index (χ0v) is 19.6. The Morgan fingerprint density at radius 1 is 1.26 bits per heavy atom. The van der Waals surface area contributed by atoms with Gasteiger partial charge in [0, 0.05) is 6.42 Å². The quantitative estimate of drug-likeness (QED) is 0.201. The van der Waals surface area contributed by atoms with Crippen molar-refractivity contribution in [3.63, 3.8) is 0 Å². The molecule has 0 unspecified atom stereocenters. The molecule has 2 aromatic heterocycles. The van der Waals surface area contributed by atoms with E-state index < -0.39 is 45.1 Å². The maximum absolute atomic E-state index is 12.1. The first-order valence-corrected chi connectivity index (χ1v) is 12.1. The standard InChI is InChI=1S/C20H24N5O9P/c1-3-13-23-17(21)14-18(24-13)25(9-22-14)19-15(26)16(34-35(28,29)30)12(33-19)8-31-20(27)32-11-6-4-10(2)5-7-11/h4-7,9,12,15-16,19,26H,3,8H2,1-2H3,(H2,21,23,24)(H2,28,29,30)/t12-,15-,16-,19-/m1/s1. The van der Waals surface area contributed by atoms with Crippen molar-refractivity contribution in [3.05, 3.63) is 42.0 Å². The van der Waals surface area contributed by atoms with Crippen molar-refractivity contribution in [3.8, 4) is 5.75 Å². The smallest absolute Gasteiger partial charge is 0.431 e. The lowest BCUT2D eigenvalue weighted by Crippen LogP contribution is -2.36. The molecule has 4 rings (SSSR count). The number of fused-ring (bicyclic) bond motifs is 1. The number of rotatable bonds is 7. The predicted molar refractivity (Wildman–Crippen MR) is 119 cm³/mol. The minimum Gasteiger partial charge on any atom is -0.431 e. The van der Waals surface area contributed by atoms with Gasteiger partial charge >= 0.3 is 14.0 Å². The highest BCUT2D eigenvalue weighted by atomic mass is 31.2. The number of imidazole rings is 1. The number of carbonyl (C=O) groups excluding carboxylic acids is 1. The third-order valence-electron chi connectivity index (χ3n) is 5.24. The number of carbonyl (C=O) groups is 1. The predicted octanol–water partition coefficient (Wildman–Crippen LogP) is 1.23. The van der Waals surface area contributed by atoms with E-state index in [1.54, 1.807) is 24.3 Å². The molecule has 35 heavy (non-hydrogen) atoms. The van der Waals surface area contributed by atoms with Crippen LogP contribution in [0.4, 0.5) is 10.6 Å². The van der Waals surface area contributed by atoms with E-state index in [1.165, 1.54) is 10.9 Å². The first-order valence-electron chi connectivity index (χ1n) is 10.5. The second-order valence-corrected chi connectivity index (χ2v) is 8.99. The summed E-state index contributed by atoms with van der Waals surface area (Å²) in [4.78, 5) is 43.4. The van der Waals surface area contributed by atoms with E-state index in [-0.39, 0.29) is 22.7 Å². The number of anilines is 1. The van der Waals surface area contributed by atoms with Gasteiger partial charge in [0.05, 0.1) is 6.33 Å². The number of hydrogen-bond acceptors (Lipinski definition) is 11. The molecule has 5 N–H and O–H groups in total. The Balaban J connectivity index is 1.54. The summed E-state index contributed by atoms with van der Waals surface area (Å²) in [7, 11) is -5.05. The average Bonchev–Trinajstić information content (AvgIpc) is 3.34. The van der Waals surface area contributed by atoms with E-state index in [2.05, 4.69) is 15.0 Å². The molecule has 1 saturated heterocycles. The van der Waals surface area contributed by atoms with Crippen LogP contribution in [0.25, 0.3) is 11.2 Å². The Labute approximate surface area is 198 Å². The molecule has 0 spiro atoms. The van der Waals surface area contributed by atoms with Gasteiger partial charge in [-0.2, -0.15) is 0 Å². The first kappa shape index (κ1) is 25.0. The molecular formula is C20H24N5O9P. The molecule has 15 heteroatoms. The number of nitrogens with zero attached hydrogens (tertiary/aromatic N) is 4. The molecule has 3 aromatic rings. The van der Waals surface area contributed by atoms with Crippen LogP contribution in [-0.4, -0.2) is 65.5 Å². The lowest BCUT2D eigenvalue weighted by Gasteiger charge is -2.20. The number of phosphoric ester groups is 1. The molecule has 1 aliphatic heterocycles. The summed E-state index contributed by atoms with van der Waals surface area (Å²) in [6.07, 6.45) is -4.97. The summed E-state index contributed by atoms with van der Waals surface area (Å²) in [5.41, 5.74) is 7.41. The third kappa shape index (κ3) is 5.59. The van der Waals surface area contributed by atoms with Gasteiger partial charge in [-0.25, -0.2) is 24.3 Å². The van der Waals surface area contributed by atoms with Gasteiger partial charge in [0.2, 0.25) is 0 Å². The lowest BCUT2D eigenvalue weighted by atomic mass is 10.1. The molecule has 3 heterocycles. The second-order valence-electron chi connectivity index (χ2n) is 7.80. The number of hydrogen-bond donors (Lipinski definition) is 4. The molecule has 0 bridgehead atoms. The van der Waals surface area contributed by atoms with Crippen LogP contribution in [0.15, 0.2) is 30.6 Å². The molecule has 0 radical (unpaired) electrons. The van der Waals surface area contributed by atoms with Crippen LogP contribution in [0.3, 0.4) is 0 Å². The average molecular weight is 509 g/mol. The maximum atomic E-state index is 12.1. The van der Waals surface area contributed by atoms with Gasteiger partial charge in [0.25, 0.3) is 0 Å². The van der Waals surface area contributed by atoms with E-state index in [0.29, 0.717) is 12.2 Å². The van der Waals surface area contributed by atoms with Gasteiger partial charge < -0.3 is 34.8 Å². The van der Waals surface area contributed by atoms with Crippen LogP contribution < -0.4 is 10.5 Å². The number of aliphatic hydroxyl groups excluding tert-OH is 1. The van der Waals surface area contributed by atoms with Crippen LogP contribution in [0.2, 0.25) is 0 Å². The third-order valence-corrected chi connectivity index (χ3v) is 5.76. The fourth-order valence-electron chi connectivity index (χ4n) is 3.58. The Kier molecular flexibility index (Phi) is 7.03. The van der Waals surface area contributed by atoms with Crippen LogP contribution in [-0.2, 0) is 25.0 Å². The van der Waals surface area contributed by atoms with Crippen LogP contribution >= 0.6 is 7.82 Å². The highest BCUT2D eigenvalue weighted by molar-refractivity contribution is 7.46. The fourth-order valence-corrected chi connectivity index (χ4v) is 4.16. The number of benzene rings is 1. The molecule has 1 aromatic carbocycles. The Hall–Kier alpha value is -3.13. The minimum atomic E-state index is -5.05. The highest BCUT2D eigenvalue weighted by Crippen LogP contribution is 2.44. The number of aromatic nitrogens is 4. The van der Waals surface area contributed by atoms with E-state index in [9.17, 15) is 24.3 Å². The lowest BCUT2D eigenvalue weighted by molar-refractivity contribution is -0.0568. The largest absolute Gasteiger partial charge is 0.513 e. The van der Waals surface area contributed by atoms with Crippen molar-refractivity contribution in [1.82, 2.24) is 19.5 Å². The van der Waals surface area contributed by atoms with Gasteiger partial charge in [0.15, 0.2) is 17.7 Å².